The van der Waals surface area contributed by atoms with Gasteiger partial charge in [-0.05, 0) is 57.9 Å². The number of carbonyl (C=O) groups is 1. The molecule has 1 aliphatic rings. The zero-order chi connectivity index (χ0) is 15.6. The van der Waals surface area contributed by atoms with E-state index >= 15 is 0 Å². The van der Waals surface area contributed by atoms with Gasteiger partial charge >= 0.3 is 0 Å². The second kappa shape index (κ2) is 6.79. The van der Waals surface area contributed by atoms with E-state index < -0.39 is 0 Å². The van der Waals surface area contributed by atoms with Gasteiger partial charge in [0.25, 0.3) is 5.91 Å². The van der Waals surface area contributed by atoms with Gasteiger partial charge in [0.05, 0.1) is 6.10 Å². The van der Waals surface area contributed by atoms with Gasteiger partial charge in [0.2, 0.25) is 0 Å². The third-order valence-electron chi connectivity index (χ3n) is 3.75. The van der Waals surface area contributed by atoms with Crippen molar-refractivity contribution in [2.75, 3.05) is 13.1 Å². The van der Waals surface area contributed by atoms with E-state index in [9.17, 15) is 4.79 Å². The molecule has 0 aromatic heterocycles. The van der Waals surface area contributed by atoms with E-state index in [2.05, 4.69) is 22.9 Å². The Morgan fingerprint density at radius 1 is 1.48 bits per heavy atom. The quantitative estimate of drug-likeness (QED) is 0.903. The highest BCUT2D eigenvalue weighted by atomic mass is 79.9. The molecule has 1 aliphatic heterocycles. The average molecular weight is 355 g/mol. The lowest BCUT2D eigenvalue weighted by Crippen LogP contribution is -2.34. The van der Waals surface area contributed by atoms with Crippen molar-refractivity contribution in [1.29, 1.82) is 0 Å². The van der Waals surface area contributed by atoms with Gasteiger partial charge < -0.3 is 15.4 Å². The summed E-state index contributed by atoms with van der Waals surface area (Å²) < 4.78 is 6.55. The molecule has 5 heteroatoms. The van der Waals surface area contributed by atoms with Crippen LogP contribution in [0.3, 0.4) is 0 Å². The molecule has 0 saturated carbocycles. The fourth-order valence-corrected chi connectivity index (χ4v) is 3.26. The van der Waals surface area contributed by atoms with E-state index in [1.165, 1.54) is 0 Å². The normalized spacial score (nSPS) is 21.9. The molecular weight excluding hydrogens is 332 g/mol. The summed E-state index contributed by atoms with van der Waals surface area (Å²) in [6.45, 7) is 7.39. The summed E-state index contributed by atoms with van der Waals surface area (Å²) in [5.41, 5.74) is 6.39. The van der Waals surface area contributed by atoms with Crippen LogP contribution in [0.15, 0.2) is 22.7 Å². The SMILES string of the molecule is CC(C)Oc1cc(Br)cc(C(=O)N2CC(CN)CC2C)c1. The molecule has 1 aromatic rings. The number of ether oxygens (including phenoxy) is 1. The monoisotopic (exact) mass is 354 g/mol. The van der Waals surface area contributed by atoms with Gasteiger partial charge in [-0.2, -0.15) is 0 Å². The van der Waals surface area contributed by atoms with Crippen molar-refractivity contribution in [1.82, 2.24) is 4.90 Å². The number of amides is 1. The van der Waals surface area contributed by atoms with E-state index in [1.807, 2.05) is 36.9 Å². The fourth-order valence-electron chi connectivity index (χ4n) is 2.79. The average Bonchev–Trinajstić information content (AvgIpc) is 2.77. The van der Waals surface area contributed by atoms with E-state index in [0.29, 0.717) is 23.8 Å². The summed E-state index contributed by atoms with van der Waals surface area (Å²) in [5.74, 6) is 1.17. The third kappa shape index (κ3) is 3.98. The topological polar surface area (TPSA) is 55.6 Å². The Kier molecular flexibility index (Phi) is 5.27. The van der Waals surface area contributed by atoms with Gasteiger partial charge in [-0.25, -0.2) is 0 Å². The molecule has 0 bridgehead atoms. The molecule has 1 saturated heterocycles. The maximum absolute atomic E-state index is 12.7. The second-order valence-corrected chi connectivity index (χ2v) is 6.90. The zero-order valence-electron chi connectivity index (χ0n) is 12.8. The van der Waals surface area contributed by atoms with Gasteiger partial charge in [-0.15, -0.1) is 0 Å². The molecule has 21 heavy (non-hydrogen) atoms. The van der Waals surface area contributed by atoms with Crippen molar-refractivity contribution >= 4 is 21.8 Å². The molecule has 1 heterocycles. The molecule has 2 atom stereocenters. The number of nitrogens with zero attached hydrogens (tertiary/aromatic N) is 1. The van der Waals surface area contributed by atoms with Crippen LogP contribution in [-0.2, 0) is 0 Å². The van der Waals surface area contributed by atoms with Crippen LogP contribution in [0.25, 0.3) is 0 Å². The van der Waals surface area contributed by atoms with E-state index in [-0.39, 0.29) is 18.1 Å². The molecule has 0 spiro atoms. The number of halogens is 1. The lowest BCUT2D eigenvalue weighted by atomic mass is 10.1. The first-order valence-corrected chi connectivity index (χ1v) is 8.18. The summed E-state index contributed by atoms with van der Waals surface area (Å²) >= 11 is 3.45. The predicted octanol–water partition coefficient (Wildman–Crippen LogP) is 3.05. The van der Waals surface area contributed by atoms with Gasteiger partial charge in [-0.3, -0.25) is 4.79 Å². The second-order valence-electron chi connectivity index (χ2n) is 5.99. The summed E-state index contributed by atoms with van der Waals surface area (Å²) in [5, 5.41) is 0. The Morgan fingerprint density at radius 2 is 2.19 bits per heavy atom. The van der Waals surface area contributed by atoms with E-state index in [1.54, 1.807) is 0 Å². The first kappa shape index (κ1) is 16.3. The number of likely N-dealkylation sites (tertiary alicyclic amines) is 1. The summed E-state index contributed by atoms with van der Waals surface area (Å²) in [6, 6.07) is 5.78. The van der Waals surface area contributed by atoms with Crippen LogP contribution in [0, 0.1) is 5.92 Å². The molecule has 0 aliphatic carbocycles. The maximum atomic E-state index is 12.7. The van der Waals surface area contributed by atoms with Crippen molar-refractivity contribution in [2.45, 2.75) is 39.3 Å². The van der Waals surface area contributed by atoms with E-state index in [0.717, 1.165) is 17.4 Å². The number of hydrogen-bond donors (Lipinski definition) is 1. The molecule has 2 rings (SSSR count). The number of carbonyl (C=O) groups excluding carboxylic acids is 1. The summed E-state index contributed by atoms with van der Waals surface area (Å²) in [4.78, 5) is 14.6. The highest BCUT2D eigenvalue weighted by Crippen LogP contribution is 2.27. The van der Waals surface area contributed by atoms with Crippen LogP contribution >= 0.6 is 15.9 Å². The molecule has 4 nitrogen and oxygen atoms in total. The smallest absolute Gasteiger partial charge is 0.254 e. The Hall–Kier alpha value is -1.07. The number of nitrogens with two attached hydrogens (primary N) is 1. The molecular formula is C16H23BrN2O2. The van der Waals surface area contributed by atoms with Crippen molar-refractivity contribution in [3.63, 3.8) is 0 Å². The third-order valence-corrected chi connectivity index (χ3v) is 4.20. The Balaban J connectivity index is 2.21. The van der Waals surface area contributed by atoms with Gasteiger partial charge in [0.15, 0.2) is 0 Å². The van der Waals surface area contributed by atoms with E-state index in [4.69, 9.17) is 10.5 Å². The van der Waals surface area contributed by atoms with Crippen molar-refractivity contribution in [3.05, 3.63) is 28.2 Å². The van der Waals surface area contributed by atoms with Crippen molar-refractivity contribution < 1.29 is 9.53 Å². The predicted molar refractivity (Wildman–Crippen MR) is 87.6 cm³/mol. The lowest BCUT2D eigenvalue weighted by Gasteiger charge is -2.22. The lowest BCUT2D eigenvalue weighted by molar-refractivity contribution is 0.0742. The summed E-state index contributed by atoms with van der Waals surface area (Å²) in [7, 11) is 0. The van der Waals surface area contributed by atoms with Crippen molar-refractivity contribution in [2.24, 2.45) is 11.7 Å². The van der Waals surface area contributed by atoms with Gasteiger partial charge in [0.1, 0.15) is 5.75 Å². The maximum Gasteiger partial charge on any atom is 0.254 e. The minimum absolute atomic E-state index is 0.0494. The van der Waals surface area contributed by atoms with Gasteiger partial charge in [0, 0.05) is 22.6 Å². The van der Waals surface area contributed by atoms with Gasteiger partial charge in [-0.1, -0.05) is 15.9 Å². The van der Waals surface area contributed by atoms with Crippen LogP contribution in [0.2, 0.25) is 0 Å². The number of rotatable bonds is 4. The minimum atomic E-state index is 0.0494. The summed E-state index contributed by atoms with van der Waals surface area (Å²) in [6.07, 6.45) is 1.06. The highest BCUT2D eigenvalue weighted by Gasteiger charge is 2.32. The minimum Gasteiger partial charge on any atom is -0.491 e. The van der Waals surface area contributed by atoms with Crippen LogP contribution < -0.4 is 10.5 Å². The van der Waals surface area contributed by atoms with Crippen molar-refractivity contribution in [3.8, 4) is 5.75 Å². The highest BCUT2D eigenvalue weighted by molar-refractivity contribution is 9.10. The molecule has 1 aromatic carbocycles. The molecule has 2 N–H and O–H groups in total. The molecule has 2 unspecified atom stereocenters. The molecule has 0 radical (unpaired) electrons. The Labute approximate surface area is 134 Å². The largest absolute Gasteiger partial charge is 0.491 e. The van der Waals surface area contributed by atoms with Crippen LogP contribution in [0.5, 0.6) is 5.75 Å². The Morgan fingerprint density at radius 3 is 2.76 bits per heavy atom. The van der Waals surface area contributed by atoms with Crippen LogP contribution in [-0.4, -0.2) is 36.0 Å². The Bertz CT molecular complexity index is 519. The number of hydrogen-bond acceptors (Lipinski definition) is 3. The van der Waals surface area contributed by atoms with Crippen LogP contribution in [0.1, 0.15) is 37.6 Å². The number of benzene rings is 1. The first-order chi connectivity index (χ1) is 9.90. The molecule has 1 amide bonds. The zero-order valence-corrected chi connectivity index (χ0v) is 14.4. The fraction of sp³-hybridized carbons (Fsp3) is 0.562. The van der Waals surface area contributed by atoms with Crippen LogP contribution in [0.4, 0.5) is 0 Å². The first-order valence-electron chi connectivity index (χ1n) is 7.39. The standard InChI is InChI=1S/C16H23BrN2O2/c1-10(2)21-15-6-13(5-14(17)7-15)16(20)19-9-12(8-18)4-11(19)3/h5-7,10-12H,4,8-9,18H2,1-3H3. The molecule has 116 valence electrons. The molecule has 1 fully saturated rings.